The van der Waals surface area contributed by atoms with Gasteiger partial charge in [-0.2, -0.15) is 0 Å². The van der Waals surface area contributed by atoms with Crippen molar-refractivity contribution in [3.8, 4) is 11.5 Å². The van der Waals surface area contributed by atoms with Gasteiger partial charge in [-0.25, -0.2) is 0 Å². The van der Waals surface area contributed by atoms with Gasteiger partial charge in [0, 0.05) is 52.2 Å². The van der Waals surface area contributed by atoms with Crippen molar-refractivity contribution in [3.05, 3.63) is 86.6 Å². The standard InChI is InChI=1S/C22H21Cl3N2O2/c1-2-28-21-10-16(13-27-12-15-6-8-26-9-7-15)20(25)11-22(21)29-14-17-18(23)4-3-5-19(17)24/h3-11,27H,2,12-14H2,1H3. The summed E-state index contributed by atoms with van der Waals surface area (Å²) >= 11 is 18.9. The number of ether oxygens (including phenoxy) is 2. The zero-order valence-electron chi connectivity index (χ0n) is 15.9. The first-order chi connectivity index (χ1) is 14.1. The number of nitrogens with zero attached hydrogens (tertiary/aromatic N) is 1. The van der Waals surface area contributed by atoms with Gasteiger partial charge in [-0.15, -0.1) is 0 Å². The lowest BCUT2D eigenvalue weighted by atomic mass is 10.2. The minimum atomic E-state index is 0.217. The third kappa shape index (κ3) is 6.00. The molecule has 3 rings (SSSR count). The number of pyridine rings is 1. The van der Waals surface area contributed by atoms with Crippen LogP contribution in [-0.2, 0) is 19.7 Å². The van der Waals surface area contributed by atoms with E-state index in [4.69, 9.17) is 44.3 Å². The molecule has 0 radical (unpaired) electrons. The fraction of sp³-hybridized carbons (Fsp3) is 0.227. The molecule has 1 N–H and O–H groups in total. The van der Waals surface area contributed by atoms with E-state index in [-0.39, 0.29) is 6.61 Å². The summed E-state index contributed by atoms with van der Waals surface area (Å²) in [5, 5.41) is 5.08. The van der Waals surface area contributed by atoms with E-state index in [1.807, 2.05) is 25.1 Å². The molecule has 3 aromatic rings. The molecule has 0 amide bonds. The van der Waals surface area contributed by atoms with Crippen molar-refractivity contribution in [2.75, 3.05) is 6.61 Å². The van der Waals surface area contributed by atoms with Crippen molar-refractivity contribution in [1.29, 1.82) is 0 Å². The van der Waals surface area contributed by atoms with Crippen LogP contribution < -0.4 is 14.8 Å². The van der Waals surface area contributed by atoms with Gasteiger partial charge in [0.15, 0.2) is 11.5 Å². The number of benzene rings is 2. The summed E-state index contributed by atoms with van der Waals surface area (Å²) < 4.78 is 11.7. The fourth-order valence-electron chi connectivity index (χ4n) is 2.76. The molecule has 1 aromatic heterocycles. The summed E-state index contributed by atoms with van der Waals surface area (Å²) in [5.41, 5.74) is 2.79. The third-order valence-corrected chi connectivity index (χ3v) is 5.30. The first-order valence-electron chi connectivity index (χ1n) is 9.19. The highest BCUT2D eigenvalue weighted by Crippen LogP contribution is 2.35. The van der Waals surface area contributed by atoms with E-state index in [9.17, 15) is 0 Å². The highest BCUT2D eigenvalue weighted by molar-refractivity contribution is 6.36. The smallest absolute Gasteiger partial charge is 0.163 e. The Kier molecular flexibility index (Phi) is 8.01. The number of halogens is 3. The molecule has 29 heavy (non-hydrogen) atoms. The van der Waals surface area contributed by atoms with Gasteiger partial charge in [0.2, 0.25) is 0 Å². The summed E-state index contributed by atoms with van der Waals surface area (Å²) in [6.07, 6.45) is 3.54. The molecule has 0 fully saturated rings. The molecule has 0 aliphatic heterocycles. The van der Waals surface area contributed by atoms with Crippen LogP contribution >= 0.6 is 34.8 Å². The Balaban J connectivity index is 1.71. The Bertz CT molecular complexity index is 932. The van der Waals surface area contributed by atoms with Gasteiger partial charge in [-0.3, -0.25) is 4.98 Å². The van der Waals surface area contributed by atoms with Crippen molar-refractivity contribution in [2.45, 2.75) is 26.6 Å². The molecule has 0 unspecified atom stereocenters. The molecule has 0 spiro atoms. The molecule has 7 heteroatoms. The van der Waals surface area contributed by atoms with E-state index in [0.717, 1.165) is 16.7 Å². The lowest BCUT2D eigenvalue weighted by Gasteiger charge is -2.16. The fourth-order valence-corrected chi connectivity index (χ4v) is 3.48. The number of aromatic nitrogens is 1. The van der Waals surface area contributed by atoms with Gasteiger partial charge in [-0.05, 0) is 48.4 Å². The second kappa shape index (κ2) is 10.7. The van der Waals surface area contributed by atoms with E-state index >= 15 is 0 Å². The number of hydrogen-bond acceptors (Lipinski definition) is 4. The molecule has 1 heterocycles. The Labute approximate surface area is 185 Å². The van der Waals surface area contributed by atoms with Crippen LogP contribution in [0.1, 0.15) is 23.6 Å². The zero-order valence-corrected chi connectivity index (χ0v) is 18.2. The van der Waals surface area contributed by atoms with Gasteiger partial charge >= 0.3 is 0 Å². The summed E-state index contributed by atoms with van der Waals surface area (Å²) in [6.45, 7) is 3.96. The Morgan fingerprint density at radius 3 is 2.24 bits per heavy atom. The van der Waals surface area contributed by atoms with Crippen molar-refractivity contribution in [2.24, 2.45) is 0 Å². The normalized spacial score (nSPS) is 10.8. The van der Waals surface area contributed by atoms with Crippen LogP contribution in [0.2, 0.25) is 15.1 Å². The van der Waals surface area contributed by atoms with E-state index in [0.29, 0.717) is 46.3 Å². The lowest BCUT2D eigenvalue weighted by Crippen LogP contribution is -2.13. The van der Waals surface area contributed by atoms with Gasteiger partial charge < -0.3 is 14.8 Å². The SMILES string of the molecule is CCOc1cc(CNCc2ccncc2)c(Cl)cc1OCc1c(Cl)cccc1Cl. The van der Waals surface area contributed by atoms with Crippen molar-refractivity contribution >= 4 is 34.8 Å². The second-order valence-electron chi connectivity index (χ2n) is 6.27. The number of nitrogens with one attached hydrogen (secondary N) is 1. The maximum atomic E-state index is 6.49. The van der Waals surface area contributed by atoms with Gasteiger partial charge in [-0.1, -0.05) is 40.9 Å². The molecule has 0 saturated carbocycles. The van der Waals surface area contributed by atoms with Crippen molar-refractivity contribution < 1.29 is 9.47 Å². The van der Waals surface area contributed by atoms with Gasteiger partial charge in [0.25, 0.3) is 0 Å². The predicted octanol–water partition coefficient (Wildman–Crippen LogP) is 6.31. The summed E-state index contributed by atoms with van der Waals surface area (Å²) in [4.78, 5) is 4.02. The molecule has 0 bridgehead atoms. The molecule has 0 aliphatic rings. The summed E-state index contributed by atoms with van der Waals surface area (Å²) in [6, 6.07) is 13.0. The summed E-state index contributed by atoms with van der Waals surface area (Å²) in [5.74, 6) is 1.17. The first kappa shape index (κ1) is 21.7. The van der Waals surface area contributed by atoms with Crippen LogP contribution in [0.25, 0.3) is 0 Å². The van der Waals surface area contributed by atoms with Crippen LogP contribution in [0, 0.1) is 0 Å². The Hall–Kier alpha value is -1.98. The van der Waals surface area contributed by atoms with Crippen LogP contribution in [-0.4, -0.2) is 11.6 Å². The maximum absolute atomic E-state index is 6.49. The van der Waals surface area contributed by atoms with Crippen LogP contribution in [0.4, 0.5) is 0 Å². The predicted molar refractivity (Wildman–Crippen MR) is 118 cm³/mol. The first-order valence-corrected chi connectivity index (χ1v) is 10.3. The van der Waals surface area contributed by atoms with E-state index < -0.39 is 0 Å². The van der Waals surface area contributed by atoms with E-state index in [1.54, 1.807) is 36.7 Å². The van der Waals surface area contributed by atoms with Gasteiger partial charge in [0.1, 0.15) is 6.61 Å². The average molecular weight is 452 g/mol. The molecule has 152 valence electrons. The van der Waals surface area contributed by atoms with Crippen LogP contribution in [0.5, 0.6) is 11.5 Å². The topological polar surface area (TPSA) is 43.4 Å². The summed E-state index contributed by atoms with van der Waals surface area (Å²) in [7, 11) is 0. The highest BCUT2D eigenvalue weighted by atomic mass is 35.5. The average Bonchev–Trinajstić information content (AvgIpc) is 2.71. The van der Waals surface area contributed by atoms with Gasteiger partial charge in [0.05, 0.1) is 6.61 Å². The molecule has 2 aromatic carbocycles. The second-order valence-corrected chi connectivity index (χ2v) is 7.49. The molecular weight excluding hydrogens is 431 g/mol. The van der Waals surface area contributed by atoms with Crippen molar-refractivity contribution in [3.63, 3.8) is 0 Å². The van der Waals surface area contributed by atoms with Crippen LogP contribution in [0.3, 0.4) is 0 Å². The van der Waals surface area contributed by atoms with Crippen molar-refractivity contribution in [1.82, 2.24) is 10.3 Å². The number of rotatable bonds is 9. The minimum Gasteiger partial charge on any atom is -0.490 e. The molecular formula is C22H21Cl3N2O2. The lowest BCUT2D eigenvalue weighted by molar-refractivity contribution is 0.269. The maximum Gasteiger partial charge on any atom is 0.163 e. The van der Waals surface area contributed by atoms with E-state index in [2.05, 4.69) is 10.3 Å². The number of hydrogen-bond donors (Lipinski definition) is 1. The van der Waals surface area contributed by atoms with E-state index in [1.165, 1.54) is 0 Å². The molecule has 4 nitrogen and oxygen atoms in total. The third-order valence-electron chi connectivity index (χ3n) is 4.24. The quantitative estimate of drug-likeness (QED) is 0.414. The molecule has 0 aliphatic carbocycles. The van der Waals surface area contributed by atoms with Crippen LogP contribution in [0.15, 0.2) is 54.9 Å². The largest absolute Gasteiger partial charge is 0.490 e. The monoisotopic (exact) mass is 450 g/mol. The Morgan fingerprint density at radius 2 is 1.55 bits per heavy atom. The Morgan fingerprint density at radius 1 is 0.862 bits per heavy atom. The highest BCUT2D eigenvalue weighted by Gasteiger charge is 2.13. The zero-order chi connectivity index (χ0) is 20.6. The minimum absolute atomic E-state index is 0.217. The molecule has 0 atom stereocenters. The molecule has 0 saturated heterocycles.